The molecule has 0 fully saturated rings. The van der Waals surface area contributed by atoms with Crippen molar-refractivity contribution in [2.24, 2.45) is 0 Å². The predicted octanol–water partition coefficient (Wildman–Crippen LogP) is -1.91. The van der Waals surface area contributed by atoms with Gasteiger partial charge in [0.15, 0.2) is 0 Å². The third-order valence-electron chi connectivity index (χ3n) is 1.95. The lowest BCUT2D eigenvalue weighted by Gasteiger charge is -2.12. The molecular weight excluding hydrogens is 276 g/mol. The van der Waals surface area contributed by atoms with Crippen molar-refractivity contribution in [2.45, 2.75) is 13.0 Å². The van der Waals surface area contributed by atoms with E-state index in [2.05, 4.69) is 10.6 Å². The van der Waals surface area contributed by atoms with Crippen molar-refractivity contribution < 1.29 is 28.4 Å². The maximum Gasteiger partial charge on any atom is 0.327 e. The van der Waals surface area contributed by atoms with Crippen LogP contribution >= 0.6 is 0 Å². The van der Waals surface area contributed by atoms with Gasteiger partial charge in [-0.2, -0.15) is 0 Å². The number of carboxylic acids is 1. The smallest absolute Gasteiger partial charge is 0.327 e. The summed E-state index contributed by atoms with van der Waals surface area (Å²) in [4.78, 5) is 32.9. The van der Waals surface area contributed by atoms with Crippen molar-refractivity contribution in [1.82, 2.24) is 10.6 Å². The zero-order valence-electron chi connectivity index (χ0n) is 10.8. The minimum Gasteiger partial charge on any atom is -0.480 e. The van der Waals surface area contributed by atoms with Crippen molar-refractivity contribution in [3.63, 3.8) is 0 Å². The molecule has 110 valence electrons. The van der Waals surface area contributed by atoms with Gasteiger partial charge < -0.3 is 20.5 Å². The lowest BCUT2D eigenvalue weighted by atomic mass is 10.3. The van der Waals surface area contributed by atoms with Gasteiger partial charge in [0, 0.05) is 31.4 Å². The van der Waals surface area contributed by atoms with Crippen molar-refractivity contribution in [2.75, 3.05) is 31.8 Å². The molecule has 3 N–H and O–H groups in total. The Morgan fingerprint density at radius 2 is 2.00 bits per heavy atom. The number of hydrogen-bond donors (Lipinski definition) is 3. The van der Waals surface area contributed by atoms with Crippen LogP contribution < -0.4 is 10.6 Å². The minimum absolute atomic E-state index is 0.292. The summed E-state index contributed by atoms with van der Waals surface area (Å²) in [5.74, 6) is -2.90. The molecular formula is C10H18N2O6S. The first-order chi connectivity index (χ1) is 8.86. The monoisotopic (exact) mass is 294 g/mol. The molecule has 0 aromatic rings. The van der Waals surface area contributed by atoms with Crippen LogP contribution in [0.5, 0.6) is 0 Å². The van der Waals surface area contributed by atoms with E-state index in [1.807, 2.05) is 0 Å². The molecule has 0 aliphatic carbocycles. The highest BCUT2D eigenvalue weighted by atomic mass is 32.2. The van der Waals surface area contributed by atoms with Crippen LogP contribution in [0.1, 0.15) is 6.92 Å². The molecule has 0 aromatic heterocycles. The van der Waals surface area contributed by atoms with Crippen molar-refractivity contribution in [3.8, 4) is 0 Å². The van der Waals surface area contributed by atoms with Gasteiger partial charge in [-0.1, -0.05) is 0 Å². The lowest BCUT2D eigenvalue weighted by molar-refractivity contribution is -0.140. The second kappa shape index (κ2) is 9.45. The molecule has 0 heterocycles. The van der Waals surface area contributed by atoms with Crippen LogP contribution in [0.3, 0.4) is 0 Å². The predicted molar refractivity (Wildman–Crippen MR) is 68.0 cm³/mol. The number of amides is 2. The van der Waals surface area contributed by atoms with Crippen molar-refractivity contribution in [1.29, 1.82) is 0 Å². The molecule has 0 aliphatic heterocycles. The van der Waals surface area contributed by atoms with Gasteiger partial charge in [0.1, 0.15) is 11.8 Å². The van der Waals surface area contributed by atoms with Gasteiger partial charge in [0.05, 0.1) is 12.4 Å². The highest BCUT2D eigenvalue weighted by Crippen LogP contribution is 1.92. The number of hydrogen-bond acceptors (Lipinski definition) is 5. The summed E-state index contributed by atoms with van der Waals surface area (Å²) in [5.41, 5.74) is 0. The SMILES string of the molecule is COCCNC(=O)CS(=O)CC(NC(C)=O)C(=O)O. The standard InChI is InChI=1S/C10H18N2O6S/c1-7(13)12-8(10(15)16)5-19(17)6-9(14)11-3-4-18-2/h8H,3-6H2,1-2H3,(H,11,14)(H,12,13)(H,15,16). The molecule has 0 saturated carbocycles. The molecule has 9 heteroatoms. The van der Waals surface area contributed by atoms with Crippen LogP contribution in [0.25, 0.3) is 0 Å². The molecule has 2 atom stereocenters. The Balaban J connectivity index is 4.15. The maximum absolute atomic E-state index is 11.6. The summed E-state index contributed by atoms with van der Waals surface area (Å²) in [7, 11) is -0.190. The Hall–Kier alpha value is -1.48. The molecule has 0 aromatic carbocycles. The van der Waals surface area contributed by atoms with Crippen LogP contribution in [-0.4, -0.2) is 64.9 Å². The number of carbonyl (C=O) groups is 3. The average molecular weight is 294 g/mol. The molecule has 2 amide bonds. The van der Waals surface area contributed by atoms with E-state index in [-0.39, 0.29) is 11.5 Å². The molecule has 0 rings (SSSR count). The van der Waals surface area contributed by atoms with E-state index in [9.17, 15) is 18.6 Å². The first-order valence-corrected chi connectivity index (χ1v) is 6.96. The minimum atomic E-state index is -1.67. The fourth-order valence-electron chi connectivity index (χ4n) is 1.15. The molecule has 0 spiro atoms. The second-order valence-corrected chi connectivity index (χ2v) is 5.19. The largest absolute Gasteiger partial charge is 0.480 e. The summed E-state index contributed by atoms with van der Waals surface area (Å²) in [6.07, 6.45) is 0. The van der Waals surface area contributed by atoms with Crippen LogP contribution in [0, 0.1) is 0 Å². The van der Waals surface area contributed by atoms with Gasteiger partial charge in [-0.05, 0) is 0 Å². The van der Waals surface area contributed by atoms with Crippen LogP contribution in [0.4, 0.5) is 0 Å². The number of methoxy groups -OCH3 is 1. The number of ether oxygens (including phenoxy) is 1. The quantitative estimate of drug-likeness (QED) is 0.426. The van der Waals surface area contributed by atoms with Crippen molar-refractivity contribution >= 4 is 28.6 Å². The van der Waals surface area contributed by atoms with Crippen LogP contribution in [0.2, 0.25) is 0 Å². The lowest BCUT2D eigenvalue weighted by Crippen LogP contribution is -2.44. The fraction of sp³-hybridized carbons (Fsp3) is 0.700. The van der Waals surface area contributed by atoms with E-state index >= 15 is 0 Å². The zero-order valence-corrected chi connectivity index (χ0v) is 11.6. The van der Waals surface area contributed by atoms with Gasteiger partial charge >= 0.3 is 5.97 Å². The Morgan fingerprint density at radius 3 is 2.47 bits per heavy atom. The van der Waals surface area contributed by atoms with Gasteiger partial charge in [0.25, 0.3) is 0 Å². The van der Waals surface area contributed by atoms with E-state index in [1.165, 1.54) is 7.11 Å². The number of nitrogens with one attached hydrogen (secondary N) is 2. The summed E-state index contributed by atoms with van der Waals surface area (Å²) >= 11 is 0. The molecule has 0 saturated heterocycles. The topological polar surface area (TPSA) is 122 Å². The third-order valence-corrected chi connectivity index (χ3v) is 3.24. The van der Waals surface area contributed by atoms with Gasteiger partial charge in [-0.15, -0.1) is 0 Å². The van der Waals surface area contributed by atoms with Gasteiger partial charge in [-0.3, -0.25) is 13.8 Å². The van der Waals surface area contributed by atoms with E-state index in [4.69, 9.17) is 9.84 Å². The van der Waals surface area contributed by atoms with E-state index in [1.54, 1.807) is 0 Å². The summed E-state index contributed by atoms with van der Waals surface area (Å²) < 4.78 is 16.3. The average Bonchev–Trinajstić information content (AvgIpc) is 2.27. The first-order valence-electron chi connectivity index (χ1n) is 5.47. The zero-order chi connectivity index (χ0) is 14.8. The molecule has 0 bridgehead atoms. The van der Waals surface area contributed by atoms with Crippen molar-refractivity contribution in [3.05, 3.63) is 0 Å². The summed E-state index contributed by atoms with van der Waals surface area (Å²) in [6, 6.07) is -1.26. The molecule has 8 nitrogen and oxygen atoms in total. The van der Waals surface area contributed by atoms with Crippen LogP contribution in [0.15, 0.2) is 0 Å². The van der Waals surface area contributed by atoms with E-state index in [0.29, 0.717) is 13.2 Å². The molecule has 0 radical (unpaired) electrons. The number of carbonyl (C=O) groups excluding carboxylic acids is 2. The molecule has 19 heavy (non-hydrogen) atoms. The second-order valence-electron chi connectivity index (χ2n) is 3.68. The maximum atomic E-state index is 11.6. The van der Waals surface area contributed by atoms with Crippen LogP contribution in [-0.2, 0) is 29.9 Å². The first kappa shape index (κ1) is 17.5. The third kappa shape index (κ3) is 9.14. The molecule has 0 aliphatic rings. The Labute approximate surface area is 113 Å². The fourth-order valence-corrected chi connectivity index (χ4v) is 2.26. The molecule has 2 unspecified atom stereocenters. The number of carboxylic acid groups (broad SMARTS) is 1. The van der Waals surface area contributed by atoms with E-state index < -0.39 is 34.6 Å². The Kier molecular flexibility index (Phi) is 8.71. The summed E-state index contributed by atoms with van der Waals surface area (Å²) in [6.45, 7) is 1.79. The normalized spacial score (nSPS) is 13.4. The Morgan fingerprint density at radius 1 is 1.37 bits per heavy atom. The Bertz CT molecular complexity index is 360. The van der Waals surface area contributed by atoms with Gasteiger partial charge in [0.2, 0.25) is 11.8 Å². The van der Waals surface area contributed by atoms with Gasteiger partial charge in [-0.25, -0.2) is 4.79 Å². The highest BCUT2D eigenvalue weighted by molar-refractivity contribution is 7.85. The highest BCUT2D eigenvalue weighted by Gasteiger charge is 2.22. The number of aliphatic carboxylic acids is 1. The van der Waals surface area contributed by atoms with E-state index in [0.717, 1.165) is 6.92 Å². The number of rotatable bonds is 9. The summed E-state index contributed by atoms with van der Waals surface area (Å²) in [5, 5.41) is 13.4.